The van der Waals surface area contributed by atoms with Crippen molar-refractivity contribution < 1.29 is 14.3 Å². The molecule has 4 aromatic rings. The summed E-state index contributed by atoms with van der Waals surface area (Å²) in [6.07, 6.45) is -0.708. The largest absolute Gasteiger partial charge is 0.513 e. The summed E-state index contributed by atoms with van der Waals surface area (Å²) < 4.78 is 11.0. The Balaban J connectivity index is 2.04. The molecule has 164 valence electrons. The molecule has 33 heavy (non-hydrogen) atoms. The smallest absolute Gasteiger partial charge is 0.434 e. The van der Waals surface area contributed by atoms with Crippen LogP contribution in [0.25, 0.3) is 5.76 Å². The molecule has 0 aliphatic heterocycles. The Labute approximate surface area is 195 Å². The van der Waals surface area contributed by atoms with Crippen molar-refractivity contribution >= 4 is 35.1 Å². The van der Waals surface area contributed by atoms with Gasteiger partial charge in [0.1, 0.15) is 29.0 Å². The van der Waals surface area contributed by atoms with E-state index in [4.69, 9.17) is 9.47 Å². The summed E-state index contributed by atoms with van der Waals surface area (Å²) in [5.41, 5.74) is 0.817. The van der Waals surface area contributed by atoms with Crippen LogP contribution in [0.3, 0.4) is 0 Å². The molecule has 0 heterocycles. The number of carbonyl (C=O) groups is 1. The molecule has 0 aliphatic rings. The SMILES string of the molecule is CCOC(=O)O/C(=C\[P+](c1ccccc1)(c1ccccc1)c1ccccc1)c1ccccc1. The Morgan fingerprint density at radius 2 is 1.06 bits per heavy atom. The van der Waals surface area contributed by atoms with Gasteiger partial charge in [0.2, 0.25) is 0 Å². The molecule has 0 bridgehead atoms. The van der Waals surface area contributed by atoms with E-state index in [0.29, 0.717) is 5.76 Å². The van der Waals surface area contributed by atoms with E-state index in [1.165, 1.54) is 15.9 Å². The molecule has 0 N–H and O–H groups in total. The first-order chi connectivity index (χ1) is 16.2. The summed E-state index contributed by atoms with van der Waals surface area (Å²) >= 11 is 0. The van der Waals surface area contributed by atoms with Crippen molar-refractivity contribution in [1.82, 2.24) is 0 Å². The van der Waals surface area contributed by atoms with Crippen LogP contribution >= 0.6 is 7.26 Å². The highest BCUT2D eigenvalue weighted by Gasteiger charge is 2.45. The lowest BCUT2D eigenvalue weighted by Crippen LogP contribution is -2.30. The van der Waals surface area contributed by atoms with Gasteiger partial charge in [-0.2, -0.15) is 0 Å². The van der Waals surface area contributed by atoms with Gasteiger partial charge >= 0.3 is 6.16 Å². The Hall–Kier alpha value is -3.68. The first kappa shape index (κ1) is 22.5. The zero-order valence-electron chi connectivity index (χ0n) is 18.5. The molecule has 4 heteroatoms. The van der Waals surface area contributed by atoms with Crippen LogP contribution in [0, 0.1) is 0 Å². The van der Waals surface area contributed by atoms with Crippen molar-refractivity contribution in [2.24, 2.45) is 0 Å². The number of ether oxygens (including phenoxy) is 2. The third-order valence-electron chi connectivity index (χ3n) is 5.32. The predicted octanol–water partition coefficient (Wildman–Crippen LogP) is 6.15. The Morgan fingerprint density at radius 1 is 0.667 bits per heavy atom. The molecule has 0 aromatic heterocycles. The third kappa shape index (κ3) is 5.05. The molecule has 0 saturated carbocycles. The van der Waals surface area contributed by atoms with Crippen molar-refractivity contribution in [2.45, 2.75) is 6.92 Å². The summed E-state index contributed by atoms with van der Waals surface area (Å²) in [5.74, 6) is 2.62. The van der Waals surface area contributed by atoms with Gasteiger partial charge < -0.3 is 9.47 Å². The quantitative estimate of drug-likeness (QED) is 0.191. The lowest BCUT2D eigenvalue weighted by molar-refractivity contribution is 0.0954. The van der Waals surface area contributed by atoms with Gasteiger partial charge in [-0.15, -0.1) is 0 Å². The van der Waals surface area contributed by atoms with Crippen molar-refractivity contribution in [3.05, 3.63) is 133 Å². The van der Waals surface area contributed by atoms with Crippen LogP contribution in [-0.4, -0.2) is 12.8 Å². The van der Waals surface area contributed by atoms with Crippen LogP contribution < -0.4 is 15.9 Å². The maximum Gasteiger partial charge on any atom is 0.513 e. The fourth-order valence-electron chi connectivity index (χ4n) is 3.84. The first-order valence-electron chi connectivity index (χ1n) is 10.9. The first-order valence-corrected chi connectivity index (χ1v) is 12.8. The molecular formula is C29H26O3P+. The maximum absolute atomic E-state index is 12.4. The fraction of sp³-hybridized carbons (Fsp3) is 0.0690. The van der Waals surface area contributed by atoms with Gasteiger partial charge in [-0.1, -0.05) is 84.9 Å². The van der Waals surface area contributed by atoms with Crippen LogP contribution in [-0.2, 0) is 9.47 Å². The molecule has 4 rings (SSSR count). The molecule has 3 nitrogen and oxygen atoms in total. The molecule has 0 saturated heterocycles. The second kappa shape index (κ2) is 10.8. The van der Waals surface area contributed by atoms with Gasteiger partial charge in [-0.25, -0.2) is 4.79 Å². The second-order valence-corrected chi connectivity index (χ2v) is 10.6. The van der Waals surface area contributed by atoms with E-state index in [2.05, 4.69) is 78.6 Å². The average molecular weight is 453 g/mol. The van der Waals surface area contributed by atoms with Gasteiger partial charge in [0.15, 0.2) is 5.76 Å². The zero-order chi connectivity index (χ0) is 22.9. The van der Waals surface area contributed by atoms with Crippen LogP contribution in [0.2, 0.25) is 0 Å². The van der Waals surface area contributed by atoms with Gasteiger partial charge in [-0.05, 0) is 43.3 Å². The Morgan fingerprint density at radius 3 is 1.45 bits per heavy atom. The normalized spacial score (nSPS) is 11.6. The number of hydrogen-bond acceptors (Lipinski definition) is 3. The van der Waals surface area contributed by atoms with Gasteiger partial charge in [0.05, 0.1) is 6.61 Å². The van der Waals surface area contributed by atoms with Crippen molar-refractivity contribution in [2.75, 3.05) is 6.61 Å². The van der Waals surface area contributed by atoms with Gasteiger partial charge in [0, 0.05) is 5.56 Å². The van der Waals surface area contributed by atoms with Crippen LogP contribution in [0.5, 0.6) is 0 Å². The minimum absolute atomic E-state index is 0.247. The van der Waals surface area contributed by atoms with E-state index in [-0.39, 0.29) is 6.61 Å². The average Bonchev–Trinajstić information content (AvgIpc) is 2.89. The van der Waals surface area contributed by atoms with E-state index >= 15 is 0 Å². The summed E-state index contributed by atoms with van der Waals surface area (Å²) in [5, 5.41) is 3.51. The number of hydrogen-bond donors (Lipinski definition) is 0. The third-order valence-corrected chi connectivity index (χ3v) is 9.27. The number of carbonyl (C=O) groups excluding carboxylic acids is 1. The van der Waals surface area contributed by atoms with E-state index < -0.39 is 13.4 Å². The van der Waals surface area contributed by atoms with E-state index in [9.17, 15) is 4.79 Å². The number of benzene rings is 4. The van der Waals surface area contributed by atoms with E-state index in [0.717, 1.165) is 5.56 Å². The van der Waals surface area contributed by atoms with Gasteiger partial charge in [-0.3, -0.25) is 0 Å². The second-order valence-electron chi connectivity index (χ2n) is 7.37. The predicted molar refractivity (Wildman–Crippen MR) is 138 cm³/mol. The maximum atomic E-state index is 12.4. The summed E-state index contributed by atoms with van der Waals surface area (Å²) in [7, 11) is -2.34. The number of rotatable bonds is 7. The van der Waals surface area contributed by atoms with Crippen molar-refractivity contribution in [3.8, 4) is 0 Å². The topological polar surface area (TPSA) is 35.5 Å². The monoisotopic (exact) mass is 453 g/mol. The summed E-state index contributed by atoms with van der Waals surface area (Å²) in [6, 6.07) is 41.0. The zero-order valence-corrected chi connectivity index (χ0v) is 19.4. The van der Waals surface area contributed by atoms with Gasteiger partial charge in [0.25, 0.3) is 0 Å². The van der Waals surface area contributed by atoms with Crippen LogP contribution in [0.1, 0.15) is 12.5 Å². The Bertz CT molecular complexity index is 1090. The molecule has 0 atom stereocenters. The minimum atomic E-state index is -2.34. The van der Waals surface area contributed by atoms with Crippen LogP contribution in [0.15, 0.2) is 127 Å². The molecule has 0 amide bonds. The highest BCUT2D eigenvalue weighted by Crippen LogP contribution is 2.58. The van der Waals surface area contributed by atoms with Crippen molar-refractivity contribution in [3.63, 3.8) is 0 Å². The molecule has 0 fully saturated rings. The summed E-state index contributed by atoms with van der Waals surface area (Å²) in [4.78, 5) is 12.4. The standard InChI is InChI=1S/C29H26O3P/c1-2-31-29(30)32-28(24-15-7-3-8-16-24)23-33(25-17-9-4-10-18-25,26-19-11-5-12-20-26)27-21-13-6-14-22-27/h3-23H,2H2,1H3/q+1/b28-23-. The molecule has 4 aromatic carbocycles. The summed E-state index contributed by atoms with van der Waals surface area (Å²) in [6.45, 7) is 2.01. The highest BCUT2D eigenvalue weighted by molar-refractivity contribution is 7.98. The highest BCUT2D eigenvalue weighted by atomic mass is 31.2. The molecule has 0 aliphatic carbocycles. The molecule has 0 radical (unpaired) electrons. The Kier molecular flexibility index (Phi) is 7.34. The molecular weight excluding hydrogens is 427 g/mol. The van der Waals surface area contributed by atoms with E-state index in [1.54, 1.807) is 6.92 Å². The molecule has 0 unspecified atom stereocenters. The minimum Gasteiger partial charge on any atom is -0.434 e. The fourth-order valence-corrected chi connectivity index (χ4v) is 7.66. The molecule has 0 spiro atoms. The van der Waals surface area contributed by atoms with E-state index in [1.807, 2.05) is 48.5 Å². The van der Waals surface area contributed by atoms with Crippen LogP contribution in [0.4, 0.5) is 4.79 Å². The lowest BCUT2D eigenvalue weighted by Gasteiger charge is -2.25. The van der Waals surface area contributed by atoms with Crippen molar-refractivity contribution in [1.29, 1.82) is 0 Å². The lowest BCUT2D eigenvalue weighted by atomic mass is 10.2.